The first-order valence-electron chi connectivity index (χ1n) is 43.6. The lowest BCUT2D eigenvalue weighted by Crippen LogP contribution is -2.37. The van der Waals surface area contributed by atoms with Gasteiger partial charge in [-0.1, -0.05) is 122 Å². The number of anilines is 6. The van der Waals surface area contributed by atoms with E-state index in [-0.39, 0.29) is 106 Å². The summed E-state index contributed by atoms with van der Waals surface area (Å²) in [6.45, 7) is 16.4. The lowest BCUT2D eigenvalue weighted by molar-refractivity contribution is -0.117. The molecule has 4 aliphatic rings. The molecule has 32 heteroatoms. The van der Waals surface area contributed by atoms with Crippen molar-refractivity contribution < 1.29 is 57.3 Å². The monoisotopic (exact) mass is 1820 g/mol. The van der Waals surface area contributed by atoms with Crippen molar-refractivity contribution in [3.05, 3.63) is 204 Å². The van der Waals surface area contributed by atoms with Gasteiger partial charge in [0.15, 0.2) is 34.6 Å². The largest absolute Gasteiger partial charge is 0.493 e. The third-order valence-electron chi connectivity index (χ3n) is 22.1. The van der Waals surface area contributed by atoms with Crippen LogP contribution in [-0.2, 0) is 50.6 Å². The normalized spacial score (nSPS) is 14.0. The van der Waals surface area contributed by atoms with E-state index in [1.807, 2.05) is 132 Å². The molecule has 6 aromatic carbocycles. The number of unbranched alkanes of at least 4 members (excludes halogenated alkanes) is 3. The molecule has 0 saturated carbocycles. The zero-order valence-electron chi connectivity index (χ0n) is 75.8. The summed E-state index contributed by atoms with van der Waals surface area (Å²) in [5.41, 5.74) is 11.5. The Labute approximate surface area is 769 Å². The van der Waals surface area contributed by atoms with Crippen molar-refractivity contribution in [1.82, 2.24) is 38.9 Å². The van der Waals surface area contributed by atoms with Crippen LogP contribution in [0.4, 0.5) is 45.8 Å². The maximum atomic E-state index is 13.7. The standard InChI is InChI=1S/C43H46N8O6S2.C42H44N8O6S.C12H27P/c1-43(2,59-58-6)25-45-40(53)34-19-28(23-49(34)3)26-13-15-29(16-14-26)46-41(54)39-48-37(24-50(39)4)47-38(52)12-9-17-57-36-21-32-31(20-35(36)56-5)42(55)51-30(22-44-32)18-27-10-7-8-11-33(27)51;1-42(2,57)24-44-39(52)33-18-27(22-48(33)3)25-12-14-28(15-13-25)45-40(53)38-47-36(23-49(38)4)46-37(51)11-8-16-56-35-20-31-30(19-34(35)55-5)41(54)50-29(21-43-31)17-26-9-6-7-10-32(26)50;1-4-7-10-13(11-8-5-2)12-9-6-3/h7-8,10-11,13-16,19-24,30H,9,12,17-18,25H2,1-6H3,(H,45,53)(H,46,54)(H,47,52);6-7,9-10,12-15,18-23,29,57H,8,11,16-17,24H2,1-5H3,(H,44,52)(H,45,53)(H,46,51);4-12H2,1-3H3/t30-;29-;/m00./s1. The van der Waals surface area contributed by atoms with E-state index in [1.54, 1.807) is 151 Å². The third kappa shape index (κ3) is 24.9. The third-order valence-corrected chi connectivity index (χ3v) is 27.8. The second-order valence-electron chi connectivity index (χ2n) is 33.5. The summed E-state index contributed by atoms with van der Waals surface area (Å²) in [4.78, 5) is 127. The number of nitrogens with one attached hydrogen (secondary N) is 6. The Morgan fingerprint density at radius 1 is 0.488 bits per heavy atom. The zero-order chi connectivity index (χ0) is 92.2. The van der Waals surface area contributed by atoms with Gasteiger partial charge in [0, 0.05) is 160 Å². The van der Waals surface area contributed by atoms with E-state index in [1.165, 1.54) is 57.3 Å². The number of benzene rings is 6. The summed E-state index contributed by atoms with van der Waals surface area (Å²) in [5.74, 6) is 0.228. The van der Waals surface area contributed by atoms with Crippen LogP contribution in [0.15, 0.2) is 168 Å². The highest BCUT2D eigenvalue weighted by molar-refractivity contribution is 8.77. The van der Waals surface area contributed by atoms with Gasteiger partial charge in [0.2, 0.25) is 23.5 Å². The number of hydrogen-bond acceptors (Lipinski definition) is 19. The van der Waals surface area contributed by atoms with Gasteiger partial charge >= 0.3 is 0 Å². The van der Waals surface area contributed by atoms with Crippen molar-refractivity contribution in [2.45, 2.75) is 147 Å². The molecular formula is C97H117N16O12PS3. The first-order valence-corrected chi connectivity index (χ1v) is 48.5. The van der Waals surface area contributed by atoms with Crippen LogP contribution in [0.3, 0.4) is 0 Å². The Morgan fingerprint density at radius 2 is 0.891 bits per heavy atom. The second kappa shape index (κ2) is 44.4. The smallest absolute Gasteiger partial charge is 0.291 e. The number of thiol groups is 1. The molecule has 0 fully saturated rings. The van der Waals surface area contributed by atoms with Crippen LogP contribution in [0, 0.1) is 0 Å². The molecule has 680 valence electrons. The molecule has 0 saturated heterocycles. The summed E-state index contributed by atoms with van der Waals surface area (Å²) in [6.07, 6.45) is 28.2. The number of carbonyl (C=O) groups excluding carboxylic acids is 8. The molecule has 2 atom stereocenters. The van der Waals surface area contributed by atoms with Gasteiger partial charge < -0.3 is 69.1 Å². The molecule has 0 radical (unpaired) electrons. The Balaban J connectivity index is 0.000000205. The van der Waals surface area contributed by atoms with E-state index < -0.39 is 11.8 Å². The second-order valence-corrected chi connectivity index (χ2v) is 40.5. The van der Waals surface area contributed by atoms with Crippen molar-refractivity contribution in [2.24, 2.45) is 38.2 Å². The molecular weight excluding hydrogens is 1710 g/mol. The van der Waals surface area contributed by atoms with Gasteiger partial charge in [-0.05, 0) is 167 Å². The number of carbonyl (C=O) groups is 8. The molecule has 0 unspecified atom stereocenters. The van der Waals surface area contributed by atoms with Crippen molar-refractivity contribution in [3.8, 4) is 45.3 Å². The Kier molecular flexibility index (Phi) is 33.1. The number of rotatable bonds is 37. The minimum absolute atomic E-state index is 0.0971. The van der Waals surface area contributed by atoms with Crippen molar-refractivity contribution in [3.63, 3.8) is 0 Å². The molecule has 6 N–H and O–H groups in total. The van der Waals surface area contributed by atoms with Gasteiger partial charge in [-0.15, -0.1) is 7.92 Å². The number of aliphatic imine (C=N–C) groups is 2. The Morgan fingerprint density at radius 3 is 1.28 bits per heavy atom. The van der Waals surface area contributed by atoms with Crippen LogP contribution in [0.5, 0.6) is 23.0 Å². The van der Waals surface area contributed by atoms with E-state index in [2.05, 4.69) is 99.1 Å². The fourth-order valence-corrected chi connectivity index (χ4v) is 20.5. The summed E-state index contributed by atoms with van der Waals surface area (Å²) < 4.78 is 29.4. The van der Waals surface area contributed by atoms with Crippen molar-refractivity contribution >= 4 is 148 Å². The quantitative estimate of drug-likeness (QED) is 0.00823. The first-order chi connectivity index (χ1) is 62.0. The summed E-state index contributed by atoms with van der Waals surface area (Å²) in [7, 11) is 13.8. The molecule has 8 heterocycles. The van der Waals surface area contributed by atoms with Gasteiger partial charge in [0.1, 0.15) is 11.4 Å². The lowest BCUT2D eigenvalue weighted by atomic mass is 10.1. The fourth-order valence-electron chi connectivity index (χ4n) is 15.4. The average molecular weight is 1830 g/mol. The number of para-hydroxylation sites is 2. The molecule has 14 rings (SSSR count). The molecule has 8 amide bonds. The lowest BCUT2D eigenvalue weighted by Gasteiger charge is -2.22. The van der Waals surface area contributed by atoms with Crippen LogP contribution in [0.25, 0.3) is 22.3 Å². The maximum Gasteiger partial charge on any atom is 0.291 e. The molecule has 0 aliphatic carbocycles. The van der Waals surface area contributed by atoms with Gasteiger partial charge in [-0.2, -0.15) is 12.6 Å². The number of hydrogen-bond donors (Lipinski definition) is 7. The highest BCUT2D eigenvalue weighted by atomic mass is 33.1. The van der Waals surface area contributed by atoms with Gasteiger partial charge in [0.25, 0.3) is 35.4 Å². The van der Waals surface area contributed by atoms with Gasteiger partial charge in [-0.3, -0.25) is 58.1 Å². The number of ether oxygens (including phenoxy) is 4. The van der Waals surface area contributed by atoms with E-state index in [0.717, 1.165) is 44.8 Å². The van der Waals surface area contributed by atoms with E-state index >= 15 is 0 Å². The van der Waals surface area contributed by atoms with Crippen LogP contribution in [-0.4, -0.2) is 175 Å². The number of amides is 8. The zero-order valence-corrected chi connectivity index (χ0v) is 79.3. The minimum Gasteiger partial charge on any atom is -0.493 e. The maximum absolute atomic E-state index is 13.7. The molecule has 0 bridgehead atoms. The molecule has 4 aromatic heterocycles. The summed E-state index contributed by atoms with van der Waals surface area (Å²) >= 11 is 4.47. The van der Waals surface area contributed by atoms with Crippen LogP contribution in [0.1, 0.15) is 187 Å². The van der Waals surface area contributed by atoms with E-state index in [0.29, 0.717) is 115 Å². The Bertz CT molecular complexity index is 5740. The molecule has 10 aromatic rings. The number of imidazole rings is 2. The number of fused-ring (bicyclic) bond motifs is 8. The predicted molar refractivity (Wildman–Crippen MR) is 524 cm³/mol. The number of methoxy groups -OCH3 is 2. The predicted octanol–water partition coefficient (Wildman–Crippen LogP) is 18.4. The van der Waals surface area contributed by atoms with Crippen LogP contribution < -0.4 is 60.6 Å². The minimum atomic E-state index is -0.448. The van der Waals surface area contributed by atoms with Gasteiger partial charge in [-0.25, -0.2) is 9.97 Å². The topological polar surface area (TPSA) is 322 Å². The Hall–Kier alpha value is -11.9. The molecule has 4 aliphatic heterocycles. The number of aryl methyl sites for hydroxylation is 4. The highest BCUT2D eigenvalue weighted by Gasteiger charge is 2.39. The van der Waals surface area contributed by atoms with Crippen LogP contribution >= 0.6 is 42.1 Å². The van der Waals surface area contributed by atoms with Crippen molar-refractivity contribution in [2.75, 3.05) is 96.3 Å². The van der Waals surface area contributed by atoms with Gasteiger partial charge in [0.05, 0.1) is 62.0 Å². The average Bonchev–Trinajstić information content (AvgIpc) is 1.53. The number of nitrogens with zero attached hydrogens (tertiary/aromatic N) is 10. The molecule has 28 nitrogen and oxygen atoms in total. The van der Waals surface area contributed by atoms with E-state index in [4.69, 9.17) is 18.9 Å². The fraction of sp³-hybridized carbons (Fsp3) is 0.381. The summed E-state index contributed by atoms with van der Waals surface area (Å²) in [6, 6.07) is 40.3. The number of aromatic nitrogens is 6. The highest BCUT2D eigenvalue weighted by Crippen LogP contribution is 2.45. The summed E-state index contributed by atoms with van der Waals surface area (Å²) in [5, 5.41) is 17.2. The molecule has 0 spiro atoms. The van der Waals surface area contributed by atoms with E-state index in [9.17, 15) is 38.4 Å². The molecule has 129 heavy (non-hydrogen) atoms. The first kappa shape index (κ1) is 96.2. The van der Waals surface area contributed by atoms with Crippen LogP contribution in [0.2, 0.25) is 0 Å². The SMILES string of the molecule is CCCCP(CCCC)CCCC.COc1cc2c(cc1OCCCC(=O)Nc1cn(C)c(C(=O)Nc3ccc(-c4cc(C(=O)NCC(C)(C)S)n(C)c4)cc3)n1)N=C[C@@H]1Cc3ccccc3N1C2=O.COc1cc2c(cc1OCCCC(=O)Nc1cn(C)c(C(=O)Nc3ccc(-c4cc(C(=O)NCC(C)(C)SSC)n(C)c4)cc3)n1)N=C[C@@H]1Cc3ccccc3N1C2=O. The van der Waals surface area contributed by atoms with Crippen molar-refractivity contribution in [1.29, 1.82) is 0 Å².